The first-order valence-corrected chi connectivity index (χ1v) is 6.84. The van der Waals surface area contributed by atoms with E-state index in [1.807, 2.05) is 0 Å². The molecule has 0 saturated carbocycles. The summed E-state index contributed by atoms with van der Waals surface area (Å²) >= 11 is 5.76. The van der Waals surface area contributed by atoms with Crippen molar-refractivity contribution in [2.45, 2.75) is 0 Å². The van der Waals surface area contributed by atoms with Crippen molar-refractivity contribution >= 4 is 29.4 Å². The van der Waals surface area contributed by atoms with Gasteiger partial charge in [-0.2, -0.15) is 0 Å². The summed E-state index contributed by atoms with van der Waals surface area (Å²) in [5.74, 6) is 1.39. The number of anilines is 1. The van der Waals surface area contributed by atoms with E-state index in [1.54, 1.807) is 56.7 Å². The van der Waals surface area contributed by atoms with Gasteiger partial charge in [0, 0.05) is 11.6 Å². The highest BCUT2D eigenvalue weighted by Crippen LogP contribution is 2.25. The fourth-order valence-electron chi connectivity index (χ4n) is 1.78. The molecule has 1 N–H and O–H groups in total. The smallest absolute Gasteiger partial charge is 0.249 e. The van der Waals surface area contributed by atoms with E-state index in [4.69, 9.17) is 21.1 Å². The van der Waals surface area contributed by atoms with E-state index < -0.39 is 0 Å². The summed E-state index contributed by atoms with van der Waals surface area (Å²) in [7, 11) is 3.14. The van der Waals surface area contributed by atoms with Crippen LogP contribution in [0.15, 0.2) is 42.5 Å². The van der Waals surface area contributed by atoms with E-state index in [9.17, 15) is 4.79 Å². The zero-order chi connectivity index (χ0) is 15.9. The van der Waals surface area contributed by atoms with Gasteiger partial charge in [0.15, 0.2) is 0 Å². The summed E-state index contributed by atoms with van der Waals surface area (Å²) in [6, 6.07) is 10.3. The molecule has 1 aromatic heterocycles. The number of pyridine rings is 1. The predicted octanol–water partition coefficient (Wildman–Crippen LogP) is 3.40. The van der Waals surface area contributed by atoms with Gasteiger partial charge in [0.05, 0.1) is 14.2 Å². The number of rotatable bonds is 5. The summed E-state index contributed by atoms with van der Waals surface area (Å²) in [6.07, 6.45) is 3.03. The maximum Gasteiger partial charge on any atom is 0.249 e. The van der Waals surface area contributed by atoms with Crippen molar-refractivity contribution in [3.05, 3.63) is 53.2 Å². The Morgan fingerprint density at radius 2 is 2.05 bits per heavy atom. The van der Waals surface area contributed by atoms with Gasteiger partial charge in [-0.15, -0.1) is 0 Å². The molecule has 0 radical (unpaired) electrons. The lowest BCUT2D eigenvalue weighted by molar-refractivity contribution is -0.111. The van der Waals surface area contributed by atoms with E-state index in [1.165, 1.54) is 6.08 Å². The molecule has 1 aromatic carbocycles. The molecule has 114 valence electrons. The zero-order valence-electron chi connectivity index (χ0n) is 12.2. The Bertz CT molecular complexity index is 702. The van der Waals surface area contributed by atoms with Gasteiger partial charge in [0.1, 0.15) is 22.5 Å². The van der Waals surface area contributed by atoms with Crippen LogP contribution < -0.4 is 14.8 Å². The fourth-order valence-corrected chi connectivity index (χ4v) is 1.94. The van der Waals surface area contributed by atoms with Gasteiger partial charge in [0.25, 0.3) is 0 Å². The normalized spacial score (nSPS) is 10.5. The number of amides is 1. The lowest BCUT2D eigenvalue weighted by Gasteiger charge is -2.07. The van der Waals surface area contributed by atoms with E-state index >= 15 is 0 Å². The van der Waals surface area contributed by atoms with Crippen molar-refractivity contribution in [2.24, 2.45) is 0 Å². The Morgan fingerprint density at radius 1 is 1.23 bits per heavy atom. The molecule has 0 unspecified atom stereocenters. The zero-order valence-corrected chi connectivity index (χ0v) is 12.9. The van der Waals surface area contributed by atoms with Gasteiger partial charge >= 0.3 is 0 Å². The molecule has 0 aliphatic heterocycles. The van der Waals surface area contributed by atoms with Crippen molar-refractivity contribution in [2.75, 3.05) is 19.5 Å². The molecule has 1 heterocycles. The molecule has 0 atom stereocenters. The number of hydrogen-bond donors (Lipinski definition) is 1. The molecule has 0 spiro atoms. The summed E-state index contributed by atoms with van der Waals surface area (Å²) in [4.78, 5) is 15.9. The second-order valence-corrected chi connectivity index (χ2v) is 4.66. The third-order valence-electron chi connectivity index (χ3n) is 2.82. The minimum Gasteiger partial charge on any atom is -0.497 e. The van der Waals surface area contributed by atoms with Crippen LogP contribution in [0.5, 0.6) is 11.5 Å². The first-order valence-electron chi connectivity index (χ1n) is 6.46. The first-order chi connectivity index (χ1) is 10.6. The number of halogens is 1. The summed E-state index contributed by atoms with van der Waals surface area (Å²) < 4.78 is 10.4. The minimum atomic E-state index is -0.320. The molecule has 0 aliphatic rings. The van der Waals surface area contributed by atoms with Crippen molar-refractivity contribution in [3.8, 4) is 11.5 Å². The highest BCUT2D eigenvalue weighted by atomic mass is 35.5. The van der Waals surface area contributed by atoms with Crippen LogP contribution >= 0.6 is 11.6 Å². The van der Waals surface area contributed by atoms with E-state index in [0.29, 0.717) is 22.5 Å². The molecule has 6 heteroatoms. The molecule has 0 aliphatic carbocycles. The second kappa shape index (κ2) is 7.47. The molecule has 0 saturated heterocycles. The monoisotopic (exact) mass is 318 g/mol. The highest BCUT2D eigenvalue weighted by Gasteiger charge is 2.04. The Balaban J connectivity index is 2.12. The molecule has 0 fully saturated rings. The number of ether oxygens (including phenoxy) is 2. The molecule has 5 nitrogen and oxygen atoms in total. The molecular weight excluding hydrogens is 304 g/mol. The fraction of sp³-hybridized carbons (Fsp3) is 0.125. The number of hydrogen-bond acceptors (Lipinski definition) is 4. The van der Waals surface area contributed by atoms with E-state index in [2.05, 4.69) is 10.3 Å². The highest BCUT2D eigenvalue weighted by molar-refractivity contribution is 6.29. The van der Waals surface area contributed by atoms with Crippen LogP contribution in [0.25, 0.3) is 6.08 Å². The van der Waals surface area contributed by atoms with Crippen molar-refractivity contribution < 1.29 is 14.3 Å². The molecular formula is C16H15ClN2O3. The van der Waals surface area contributed by atoms with E-state index in [0.717, 1.165) is 5.56 Å². The maximum atomic E-state index is 11.9. The number of nitrogens with zero attached hydrogens (tertiary/aromatic N) is 1. The maximum absolute atomic E-state index is 11.9. The average Bonchev–Trinajstić information content (AvgIpc) is 2.52. The van der Waals surface area contributed by atoms with Crippen molar-refractivity contribution in [3.63, 3.8) is 0 Å². The molecule has 1 amide bonds. The van der Waals surface area contributed by atoms with Crippen LogP contribution in [0.2, 0.25) is 5.15 Å². The van der Waals surface area contributed by atoms with Crippen molar-refractivity contribution in [1.82, 2.24) is 4.98 Å². The number of nitrogens with one attached hydrogen (secondary N) is 1. The Morgan fingerprint density at radius 3 is 2.73 bits per heavy atom. The Labute approximate surface area is 133 Å². The summed E-state index contributed by atoms with van der Waals surface area (Å²) in [5.41, 5.74) is 0.732. The van der Waals surface area contributed by atoms with Crippen LogP contribution in [0.1, 0.15) is 5.56 Å². The van der Waals surface area contributed by atoms with Crippen LogP contribution in [0, 0.1) is 0 Å². The minimum absolute atomic E-state index is 0.316. The van der Waals surface area contributed by atoms with Gasteiger partial charge in [-0.1, -0.05) is 17.7 Å². The lowest BCUT2D eigenvalue weighted by Crippen LogP contribution is -2.09. The van der Waals surface area contributed by atoms with Crippen LogP contribution in [-0.2, 0) is 4.79 Å². The Hall–Kier alpha value is -2.53. The molecule has 0 bridgehead atoms. The number of carbonyl (C=O) groups excluding carboxylic acids is 1. The SMILES string of the molecule is COc1ccc(OC)c(/C=C/C(=O)Nc2cccc(Cl)n2)c1. The standard InChI is InChI=1S/C16H15ClN2O3/c1-21-12-7-8-13(22-2)11(10-12)6-9-16(20)19-15-5-3-4-14(17)18-15/h3-10H,1-2H3,(H,18,19,20)/b9-6+. The van der Waals surface area contributed by atoms with Crippen LogP contribution in [0.3, 0.4) is 0 Å². The van der Waals surface area contributed by atoms with Gasteiger partial charge in [-0.25, -0.2) is 4.98 Å². The second-order valence-electron chi connectivity index (χ2n) is 4.28. The number of methoxy groups -OCH3 is 2. The number of aromatic nitrogens is 1. The van der Waals surface area contributed by atoms with Crippen LogP contribution in [-0.4, -0.2) is 25.1 Å². The predicted molar refractivity (Wildman–Crippen MR) is 86.5 cm³/mol. The van der Waals surface area contributed by atoms with Gasteiger partial charge in [-0.05, 0) is 36.4 Å². The van der Waals surface area contributed by atoms with E-state index in [-0.39, 0.29) is 5.91 Å². The number of carbonyl (C=O) groups is 1. The topological polar surface area (TPSA) is 60.5 Å². The number of benzene rings is 1. The summed E-state index contributed by atoms with van der Waals surface area (Å²) in [5, 5.41) is 2.94. The Kier molecular flexibility index (Phi) is 5.38. The third kappa shape index (κ3) is 4.23. The molecule has 2 aromatic rings. The first kappa shape index (κ1) is 15.9. The van der Waals surface area contributed by atoms with Gasteiger partial charge in [-0.3, -0.25) is 4.79 Å². The molecule has 2 rings (SSSR count). The van der Waals surface area contributed by atoms with Gasteiger partial charge < -0.3 is 14.8 Å². The molecule has 22 heavy (non-hydrogen) atoms. The third-order valence-corrected chi connectivity index (χ3v) is 3.03. The van der Waals surface area contributed by atoms with Crippen molar-refractivity contribution in [1.29, 1.82) is 0 Å². The quantitative estimate of drug-likeness (QED) is 0.678. The van der Waals surface area contributed by atoms with Gasteiger partial charge in [0.2, 0.25) is 5.91 Å². The van der Waals surface area contributed by atoms with Crippen LogP contribution in [0.4, 0.5) is 5.82 Å². The largest absolute Gasteiger partial charge is 0.497 e. The summed E-state index contributed by atoms with van der Waals surface area (Å²) in [6.45, 7) is 0. The average molecular weight is 319 g/mol. The lowest BCUT2D eigenvalue weighted by atomic mass is 10.1.